The Labute approximate surface area is 186 Å². The Bertz CT molecular complexity index is 1210. The molecular weight excluding hydrogens is 406 g/mol. The lowest BCUT2D eigenvalue weighted by atomic mass is 9.94. The third kappa shape index (κ3) is 3.73. The van der Waals surface area contributed by atoms with Gasteiger partial charge < -0.3 is 14.7 Å². The second kappa shape index (κ2) is 8.63. The first-order valence-corrected chi connectivity index (χ1v) is 10.2. The van der Waals surface area contributed by atoms with E-state index in [4.69, 9.17) is 4.74 Å². The lowest BCUT2D eigenvalue weighted by Crippen LogP contribution is -2.29. The Morgan fingerprint density at radius 1 is 1.12 bits per heavy atom. The van der Waals surface area contributed by atoms with Crippen molar-refractivity contribution in [2.45, 2.75) is 26.4 Å². The van der Waals surface area contributed by atoms with Crippen molar-refractivity contribution >= 4 is 17.4 Å². The lowest BCUT2D eigenvalue weighted by molar-refractivity contribution is -0.140. The molecule has 1 fully saturated rings. The maximum atomic E-state index is 13.2. The SMILES string of the molecule is COc1c(C)cc(C)cc1/C(O)=C1\C(=O)C(=O)N(Cc2ccccn2)C1c1cccnc1. The average molecular weight is 429 g/mol. The maximum Gasteiger partial charge on any atom is 0.296 e. The topological polar surface area (TPSA) is 92.6 Å². The number of hydrogen-bond acceptors (Lipinski definition) is 6. The van der Waals surface area contributed by atoms with Gasteiger partial charge in [0.1, 0.15) is 11.5 Å². The van der Waals surface area contributed by atoms with Gasteiger partial charge in [0.25, 0.3) is 11.7 Å². The van der Waals surface area contributed by atoms with E-state index >= 15 is 0 Å². The van der Waals surface area contributed by atoms with Gasteiger partial charge in [0.2, 0.25) is 0 Å². The number of aryl methyl sites for hydroxylation is 2. The third-order valence-electron chi connectivity index (χ3n) is 5.48. The number of methoxy groups -OCH3 is 1. The number of rotatable bonds is 5. The van der Waals surface area contributed by atoms with E-state index in [9.17, 15) is 14.7 Å². The van der Waals surface area contributed by atoms with Gasteiger partial charge in [-0.3, -0.25) is 19.6 Å². The molecule has 7 nitrogen and oxygen atoms in total. The lowest BCUT2D eigenvalue weighted by Gasteiger charge is -2.25. The van der Waals surface area contributed by atoms with Crippen LogP contribution in [0.3, 0.4) is 0 Å². The van der Waals surface area contributed by atoms with Gasteiger partial charge in [-0.05, 0) is 54.8 Å². The van der Waals surface area contributed by atoms with Crippen LogP contribution in [0.4, 0.5) is 0 Å². The van der Waals surface area contributed by atoms with Gasteiger partial charge >= 0.3 is 0 Å². The van der Waals surface area contributed by atoms with Crippen LogP contribution in [-0.4, -0.2) is 38.8 Å². The molecule has 1 amide bonds. The molecule has 2 aromatic heterocycles. The molecule has 3 aromatic rings. The molecule has 1 N–H and O–H groups in total. The molecule has 0 bridgehead atoms. The zero-order valence-corrected chi connectivity index (χ0v) is 18.1. The molecule has 1 aliphatic heterocycles. The molecule has 1 aliphatic rings. The Morgan fingerprint density at radius 2 is 1.94 bits per heavy atom. The van der Waals surface area contributed by atoms with E-state index in [1.807, 2.05) is 26.0 Å². The predicted molar refractivity (Wildman–Crippen MR) is 119 cm³/mol. The van der Waals surface area contributed by atoms with E-state index in [1.165, 1.54) is 12.0 Å². The van der Waals surface area contributed by atoms with E-state index in [-0.39, 0.29) is 17.9 Å². The minimum atomic E-state index is -0.809. The highest BCUT2D eigenvalue weighted by atomic mass is 16.5. The number of likely N-dealkylation sites (tertiary alicyclic amines) is 1. The minimum absolute atomic E-state index is 0.00207. The van der Waals surface area contributed by atoms with Crippen LogP contribution in [0.15, 0.2) is 66.6 Å². The van der Waals surface area contributed by atoms with Crippen molar-refractivity contribution < 1.29 is 19.4 Å². The fourth-order valence-corrected chi connectivity index (χ4v) is 4.14. The molecule has 4 rings (SSSR count). The van der Waals surface area contributed by atoms with Crippen LogP contribution in [0.1, 0.15) is 34.0 Å². The average Bonchev–Trinajstić information content (AvgIpc) is 3.04. The number of carbonyl (C=O) groups is 2. The van der Waals surface area contributed by atoms with Gasteiger partial charge in [-0.1, -0.05) is 18.2 Å². The molecular formula is C25H23N3O4. The maximum absolute atomic E-state index is 13.2. The van der Waals surface area contributed by atoms with Gasteiger partial charge in [0.05, 0.1) is 36.5 Å². The number of hydrogen-bond donors (Lipinski definition) is 1. The highest BCUT2D eigenvalue weighted by molar-refractivity contribution is 6.46. The third-order valence-corrected chi connectivity index (χ3v) is 5.48. The zero-order valence-electron chi connectivity index (χ0n) is 18.1. The first-order chi connectivity index (χ1) is 15.4. The quantitative estimate of drug-likeness (QED) is 0.378. The smallest absolute Gasteiger partial charge is 0.296 e. The summed E-state index contributed by atoms with van der Waals surface area (Å²) in [5.74, 6) is -1.28. The van der Waals surface area contributed by atoms with Crippen molar-refractivity contribution in [1.82, 2.24) is 14.9 Å². The molecule has 3 heterocycles. The summed E-state index contributed by atoms with van der Waals surface area (Å²) in [5.41, 5.74) is 3.33. The Balaban J connectivity index is 1.92. The summed E-state index contributed by atoms with van der Waals surface area (Å²) in [7, 11) is 1.51. The number of benzene rings is 1. The van der Waals surface area contributed by atoms with E-state index in [1.54, 1.807) is 48.9 Å². The van der Waals surface area contributed by atoms with Crippen LogP contribution in [0.2, 0.25) is 0 Å². The fraction of sp³-hybridized carbons (Fsp3) is 0.200. The van der Waals surface area contributed by atoms with Gasteiger partial charge in [-0.2, -0.15) is 0 Å². The Kier molecular flexibility index (Phi) is 5.73. The summed E-state index contributed by atoms with van der Waals surface area (Å²) in [4.78, 5) is 36.1. The van der Waals surface area contributed by atoms with Crippen LogP contribution in [0.5, 0.6) is 5.75 Å². The first kappa shape index (κ1) is 21.2. The number of ether oxygens (including phenoxy) is 1. The molecule has 0 radical (unpaired) electrons. The molecule has 0 aliphatic carbocycles. The molecule has 0 saturated carbocycles. The van der Waals surface area contributed by atoms with Crippen LogP contribution in [0.25, 0.3) is 5.76 Å². The van der Waals surface area contributed by atoms with Crippen LogP contribution in [0, 0.1) is 13.8 Å². The van der Waals surface area contributed by atoms with Crippen LogP contribution < -0.4 is 4.74 Å². The Morgan fingerprint density at radius 3 is 2.59 bits per heavy atom. The highest BCUT2D eigenvalue weighted by Gasteiger charge is 2.46. The number of carbonyl (C=O) groups excluding carboxylic acids is 2. The fourth-order valence-electron chi connectivity index (χ4n) is 4.14. The molecule has 0 spiro atoms. The summed E-state index contributed by atoms with van der Waals surface area (Å²) >= 11 is 0. The number of aliphatic hydroxyl groups excluding tert-OH is 1. The molecule has 1 unspecified atom stereocenters. The molecule has 7 heteroatoms. The molecule has 1 aromatic carbocycles. The van der Waals surface area contributed by atoms with E-state index < -0.39 is 17.7 Å². The molecule has 1 atom stereocenters. The van der Waals surface area contributed by atoms with Crippen molar-refractivity contribution in [1.29, 1.82) is 0 Å². The number of ketones is 1. The zero-order chi connectivity index (χ0) is 22.8. The summed E-state index contributed by atoms with van der Waals surface area (Å²) in [6, 6.07) is 11.8. The summed E-state index contributed by atoms with van der Waals surface area (Å²) < 4.78 is 5.51. The number of aliphatic hydroxyl groups is 1. The summed E-state index contributed by atoms with van der Waals surface area (Å²) in [6.45, 7) is 3.87. The largest absolute Gasteiger partial charge is 0.507 e. The van der Waals surface area contributed by atoms with Crippen molar-refractivity contribution in [3.63, 3.8) is 0 Å². The summed E-state index contributed by atoms with van der Waals surface area (Å²) in [5, 5.41) is 11.3. The van der Waals surface area contributed by atoms with E-state index in [0.717, 1.165) is 11.1 Å². The van der Waals surface area contributed by atoms with Crippen LogP contribution in [-0.2, 0) is 16.1 Å². The van der Waals surface area contributed by atoms with Crippen LogP contribution >= 0.6 is 0 Å². The first-order valence-electron chi connectivity index (χ1n) is 10.2. The van der Waals surface area contributed by atoms with E-state index in [2.05, 4.69) is 9.97 Å². The highest BCUT2D eigenvalue weighted by Crippen LogP contribution is 2.42. The van der Waals surface area contributed by atoms with E-state index in [0.29, 0.717) is 22.6 Å². The van der Waals surface area contributed by atoms with Crippen molar-refractivity contribution in [3.8, 4) is 5.75 Å². The monoisotopic (exact) mass is 429 g/mol. The molecule has 162 valence electrons. The second-order valence-corrected chi connectivity index (χ2v) is 7.70. The Hall–Kier alpha value is -4.00. The van der Waals surface area contributed by atoms with Crippen molar-refractivity contribution in [2.75, 3.05) is 7.11 Å². The normalized spacial score (nSPS) is 17.6. The standard InChI is InChI=1S/C25H23N3O4/c1-15-11-16(2)24(32-3)19(12-15)22(29)20-21(17-7-6-9-26-13-17)28(25(31)23(20)30)14-18-8-4-5-10-27-18/h4-13,21,29H,14H2,1-3H3/b22-20+. The second-order valence-electron chi connectivity index (χ2n) is 7.70. The number of Topliss-reactive ketones (excluding diaryl/α,β-unsaturated/α-hetero) is 1. The number of aromatic nitrogens is 2. The van der Waals surface area contributed by atoms with Gasteiger partial charge in [-0.25, -0.2) is 0 Å². The molecule has 1 saturated heterocycles. The van der Waals surface area contributed by atoms with Crippen molar-refractivity contribution in [2.24, 2.45) is 0 Å². The molecule has 32 heavy (non-hydrogen) atoms. The number of pyridine rings is 2. The van der Waals surface area contributed by atoms with Crippen molar-refractivity contribution in [3.05, 3.63) is 94.6 Å². The van der Waals surface area contributed by atoms with Gasteiger partial charge in [0, 0.05) is 18.6 Å². The number of nitrogens with zero attached hydrogens (tertiary/aromatic N) is 3. The predicted octanol–water partition coefficient (Wildman–Crippen LogP) is 3.72. The number of amides is 1. The minimum Gasteiger partial charge on any atom is -0.507 e. The van der Waals surface area contributed by atoms with Gasteiger partial charge in [-0.15, -0.1) is 0 Å². The van der Waals surface area contributed by atoms with Gasteiger partial charge in [0.15, 0.2) is 0 Å². The summed E-state index contributed by atoms with van der Waals surface area (Å²) in [6.07, 6.45) is 4.83.